The number of Topliss-reactive ketones (excluding diaryl/α,β-unsaturated/α-hetero) is 2. The van der Waals surface area contributed by atoms with Gasteiger partial charge in [0, 0.05) is 23.7 Å². The highest BCUT2D eigenvalue weighted by atomic mass is 19.3. The molecule has 0 atom stereocenters. The molecule has 8 heteroatoms. The van der Waals surface area contributed by atoms with Crippen LogP contribution in [0.2, 0.25) is 0 Å². The van der Waals surface area contributed by atoms with Crippen LogP contribution in [-0.2, 0) is 11.2 Å². The smallest absolute Gasteiger partial charge is 0.333 e. The van der Waals surface area contributed by atoms with Crippen molar-refractivity contribution in [2.24, 2.45) is 0 Å². The second-order valence-electron chi connectivity index (χ2n) is 5.56. The third-order valence-corrected chi connectivity index (χ3v) is 3.48. The van der Waals surface area contributed by atoms with Crippen molar-refractivity contribution in [2.45, 2.75) is 26.3 Å². The Morgan fingerprint density at radius 1 is 1.38 bits per heavy atom. The summed E-state index contributed by atoms with van der Waals surface area (Å²) in [6.07, 6.45) is 1.79. The number of ether oxygens (including phenoxy) is 1. The zero-order chi connectivity index (χ0) is 19.3. The molecule has 0 aliphatic carbocycles. The SMILES string of the molecule is C=CCOc1cccc(F)c1Cc1cn(C(F)F)nc1C(=O)CC(C)=O. The standard InChI is InChI=1S/C18H17F3N2O3/c1-3-7-26-16-6-4-5-14(19)13(16)9-12-10-23(18(20)21)22-17(12)15(25)8-11(2)24/h3-6,10,18H,1,7-9H2,2H3. The molecule has 1 aromatic heterocycles. The van der Waals surface area contributed by atoms with Gasteiger partial charge in [0.25, 0.3) is 0 Å². The summed E-state index contributed by atoms with van der Waals surface area (Å²) in [6, 6.07) is 4.17. The normalized spacial score (nSPS) is 10.8. The molecule has 138 valence electrons. The largest absolute Gasteiger partial charge is 0.489 e. The molecule has 0 fully saturated rings. The van der Waals surface area contributed by atoms with E-state index in [1.54, 1.807) is 0 Å². The van der Waals surface area contributed by atoms with Crippen molar-refractivity contribution in [3.63, 3.8) is 0 Å². The molecule has 0 bridgehead atoms. The lowest BCUT2D eigenvalue weighted by Crippen LogP contribution is -2.10. The predicted octanol–water partition coefficient (Wildman–Crippen LogP) is 3.73. The molecule has 1 heterocycles. The lowest BCUT2D eigenvalue weighted by molar-refractivity contribution is -0.116. The topological polar surface area (TPSA) is 61.2 Å². The molecule has 0 aliphatic heterocycles. The summed E-state index contributed by atoms with van der Waals surface area (Å²) in [7, 11) is 0. The molecule has 0 aliphatic rings. The van der Waals surface area contributed by atoms with Gasteiger partial charge in [0.05, 0.1) is 6.42 Å². The molecule has 2 aromatic rings. The number of rotatable bonds is 9. The first-order valence-electron chi connectivity index (χ1n) is 7.73. The van der Waals surface area contributed by atoms with Gasteiger partial charge in [-0.2, -0.15) is 13.9 Å². The lowest BCUT2D eigenvalue weighted by Gasteiger charge is -2.11. The zero-order valence-corrected chi connectivity index (χ0v) is 14.0. The predicted molar refractivity (Wildman–Crippen MR) is 88.0 cm³/mol. The van der Waals surface area contributed by atoms with Gasteiger partial charge in [-0.05, 0) is 19.1 Å². The first kappa shape index (κ1) is 19.4. The van der Waals surface area contributed by atoms with Gasteiger partial charge in [0.1, 0.15) is 29.7 Å². The zero-order valence-electron chi connectivity index (χ0n) is 14.0. The highest BCUT2D eigenvalue weighted by Gasteiger charge is 2.23. The summed E-state index contributed by atoms with van der Waals surface area (Å²) in [5.41, 5.74) is -0.0939. The number of nitrogens with zero attached hydrogens (tertiary/aromatic N) is 2. The molecule has 1 aromatic carbocycles. The highest BCUT2D eigenvalue weighted by molar-refractivity contribution is 6.07. The van der Waals surface area contributed by atoms with E-state index in [1.165, 1.54) is 31.2 Å². The Morgan fingerprint density at radius 3 is 2.73 bits per heavy atom. The van der Waals surface area contributed by atoms with Crippen molar-refractivity contribution in [3.8, 4) is 5.75 Å². The van der Waals surface area contributed by atoms with Gasteiger partial charge in [-0.15, -0.1) is 0 Å². The van der Waals surface area contributed by atoms with E-state index in [9.17, 15) is 22.8 Å². The van der Waals surface area contributed by atoms with Crippen LogP contribution in [0.4, 0.5) is 13.2 Å². The van der Waals surface area contributed by atoms with E-state index in [0.29, 0.717) is 4.68 Å². The second-order valence-corrected chi connectivity index (χ2v) is 5.56. The number of alkyl halides is 2. The monoisotopic (exact) mass is 366 g/mol. The van der Waals surface area contributed by atoms with Crippen LogP contribution < -0.4 is 4.74 Å². The van der Waals surface area contributed by atoms with E-state index in [1.807, 2.05) is 0 Å². The Morgan fingerprint density at radius 2 is 2.12 bits per heavy atom. The highest BCUT2D eigenvalue weighted by Crippen LogP contribution is 2.27. The van der Waals surface area contributed by atoms with Crippen LogP contribution in [0.1, 0.15) is 41.5 Å². The molecule has 0 saturated carbocycles. The van der Waals surface area contributed by atoms with E-state index in [2.05, 4.69) is 11.7 Å². The molecule has 0 unspecified atom stereocenters. The van der Waals surface area contributed by atoms with Gasteiger partial charge >= 0.3 is 6.55 Å². The van der Waals surface area contributed by atoms with Crippen molar-refractivity contribution in [2.75, 3.05) is 6.61 Å². The van der Waals surface area contributed by atoms with Crippen molar-refractivity contribution in [1.82, 2.24) is 9.78 Å². The Kier molecular flexibility index (Phi) is 6.32. The molecule has 0 saturated heterocycles. The number of aromatic nitrogens is 2. The summed E-state index contributed by atoms with van der Waals surface area (Å²) in [5, 5.41) is 3.57. The fraction of sp³-hybridized carbons (Fsp3) is 0.278. The summed E-state index contributed by atoms with van der Waals surface area (Å²) in [4.78, 5) is 23.3. The van der Waals surface area contributed by atoms with E-state index >= 15 is 0 Å². The molecule has 0 amide bonds. The van der Waals surface area contributed by atoms with Crippen molar-refractivity contribution < 1.29 is 27.5 Å². The van der Waals surface area contributed by atoms with Gasteiger partial charge < -0.3 is 4.74 Å². The van der Waals surface area contributed by atoms with Gasteiger partial charge in [0.15, 0.2) is 5.78 Å². The fourth-order valence-electron chi connectivity index (χ4n) is 2.39. The minimum absolute atomic E-state index is 0.0881. The minimum atomic E-state index is -2.97. The molecule has 0 N–H and O–H groups in total. The maximum Gasteiger partial charge on any atom is 0.333 e. The molecule has 26 heavy (non-hydrogen) atoms. The number of carbonyl (C=O) groups excluding carboxylic acids is 2. The second kappa shape index (κ2) is 8.46. The Hall–Kier alpha value is -2.90. The average Bonchev–Trinajstić information content (AvgIpc) is 2.99. The summed E-state index contributed by atoms with van der Waals surface area (Å²) in [5.74, 6) is -1.52. The molecule has 5 nitrogen and oxygen atoms in total. The summed E-state index contributed by atoms with van der Waals surface area (Å²) in [6.45, 7) is 1.88. The van der Waals surface area contributed by atoms with Gasteiger partial charge in [-0.1, -0.05) is 18.7 Å². The Labute approximate surface area is 148 Å². The van der Waals surface area contributed by atoms with Crippen LogP contribution >= 0.6 is 0 Å². The number of hydrogen-bond acceptors (Lipinski definition) is 4. The van der Waals surface area contributed by atoms with Gasteiger partial charge in [0.2, 0.25) is 0 Å². The Bertz CT molecular complexity index is 831. The third kappa shape index (κ3) is 4.59. The van der Waals surface area contributed by atoms with Crippen LogP contribution in [0.25, 0.3) is 0 Å². The van der Waals surface area contributed by atoms with Crippen molar-refractivity contribution in [3.05, 3.63) is 59.7 Å². The number of carbonyl (C=O) groups is 2. The van der Waals surface area contributed by atoms with Crippen LogP contribution in [0, 0.1) is 5.82 Å². The summed E-state index contributed by atoms with van der Waals surface area (Å²) >= 11 is 0. The van der Waals surface area contributed by atoms with Gasteiger partial charge in [-0.25, -0.2) is 9.07 Å². The maximum absolute atomic E-state index is 14.3. The fourth-order valence-corrected chi connectivity index (χ4v) is 2.39. The van der Waals surface area contributed by atoms with E-state index in [-0.39, 0.29) is 35.6 Å². The van der Waals surface area contributed by atoms with E-state index < -0.39 is 30.4 Å². The molecule has 0 radical (unpaired) electrons. The van der Waals surface area contributed by atoms with Crippen LogP contribution in [-0.4, -0.2) is 28.0 Å². The average molecular weight is 366 g/mol. The Balaban J connectivity index is 2.44. The van der Waals surface area contributed by atoms with E-state index in [0.717, 1.165) is 6.20 Å². The first-order valence-corrected chi connectivity index (χ1v) is 7.73. The van der Waals surface area contributed by atoms with Gasteiger partial charge in [-0.3, -0.25) is 9.59 Å². The van der Waals surface area contributed by atoms with Crippen molar-refractivity contribution in [1.29, 1.82) is 0 Å². The molecule has 0 spiro atoms. The first-order chi connectivity index (χ1) is 12.3. The number of benzene rings is 1. The van der Waals surface area contributed by atoms with Crippen LogP contribution in [0.15, 0.2) is 37.1 Å². The summed E-state index contributed by atoms with van der Waals surface area (Å²) < 4.78 is 45.9. The van der Waals surface area contributed by atoms with Crippen LogP contribution in [0.3, 0.4) is 0 Å². The number of hydrogen-bond donors (Lipinski definition) is 0. The lowest BCUT2D eigenvalue weighted by atomic mass is 10.0. The quantitative estimate of drug-likeness (QED) is 0.385. The number of ketones is 2. The molecular weight excluding hydrogens is 349 g/mol. The number of halogens is 3. The maximum atomic E-state index is 14.3. The van der Waals surface area contributed by atoms with E-state index in [4.69, 9.17) is 4.74 Å². The third-order valence-electron chi connectivity index (χ3n) is 3.48. The van der Waals surface area contributed by atoms with Crippen molar-refractivity contribution >= 4 is 11.6 Å². The minimum Gasteiger partial charge on any atom is -0.489 e. The molecule has 2 rings (SSSR count). The molecular formula is C18H17F3N2O3. The van der Waals surface area contributed by atoms with Crippen LogP contribution in [0.5, 0.6) is 5.75 Å².